The molecule has 0 N–H and O–H groups in total. The molecule has 0 fully saturated rings. The second-order valence-electron chi connectivity index (χ2n) is 8.12. The summed E-state index contributed by atoms with van der Waals surface area (Å²) in [6.45, 7) is 7.86. The van der Waals surface area contributed by atoms with E-state index in [1.807, 2.05) is 0 Å². The van der Waals surface area contributed by atoms with Crippen LogP contribution < -0.4 is 15.3 Å². The van der Waals surface area contributed by atoms with Crippen molar-refractivity contribution in [1.82, 2.24) is 0 Å². The fraction of sp³-hybridized carbons (Fsp3) is 0.500. The van der Waals surface area contributed by atoms with E-state index in [9.17, 15) is 72.9 Å². The summed E-state index contributed by atoms with van der Waals surface area (Å²) in [5.74, 6) is -15.1. The number of hydrogen-bond donors (Lipinski definition) is 0. The van der Waals surface area contributed by atoms with Crippen molar-refractivity contribution < 1.29 is 91.4 Å². The zero-order chi connectivity index (χ0) is 32.4. The first kappa shape index (κ1) is 43.1. The molecule has 15 nitrogen and oxygen atoms in total. The smallest absolute Gasteiger partial charge is 0.183 e. The Hall–Kier alpha value is -3.98. The van der Waals surface area contributed by atoms with Crippen LogP contribution in [0.3, 0.4) is 0 Å². The average Bonchev–Trinajstić information content (AvgIpc) is 2.66. The summed E-state index contributed by atoms with van der Waals surface area (Å²) in [4.78, 5) is 130. The number of ketones is 9. The van der Waals surface area contributed by atoms with Gasteiger partial charge in [0, 0.05) is 18.6 Å². The van der Waals surface area contributed by atoms with Gasteiger partial charge in [-0.1, -0.05) is 0 Å². The molecule has 0 rings (SSSR count). The number of carbonyl (C=O) groups is 12. The number of Topliss-reactive ketones (excluding diaryl/α,β-unsaturated/α-hetero) is 9. The van der Waals surface area contributed by atoms with Gasteiger partial charge in [0.2, 0.25) is 0 Å². The fourth-order valence-electron chi connectivity index (χ4n) is 3.52. The van der Waals surface area contributed by atoms with Gasteiger partial charge in [-0.2, -0.15) is 0 Å². The molecule has 1 radical (unpaired) electrons. The Morgan fingerprint density at radius 2 is 0.375 bits per heavy atom. The van der Waals surface area contributed by atoms with Crippen molar-refractivity contribution in [3.05, 3.63) is 0 Å². The van der Waals surface area contributed by atoms with Crippen LogP contribution in [0.5, 0.6) is 0 Å². The first-order valence-corrected chi connectivity index (χ1v) is 10.6. The summed E-state index contributed by atoms with van der Waals surface area (Å²) in [7, 11) is 0. The SMILES string of the molecule is CC(=O)C(C(C)=O)(C(C)=O)C(=O)[O-].CC(=O)C(C(C)=O)(C(C)=O)C(=O)[O-].CC(=O)C(C(C)=O)(C(C)=O)C(=O)[O-].[V]. The molecule has 221 valence electrons. The molecule has 16 heteroatoms. The summed E-state index contributed by atoms with van der Waals surface area (Å²) in [6, 6.07) is 0. The van der Waals surface area contributed by atoms with Crippen molar-refractivity contribution in [2.24, 2.45) is 16.2 Å². The van der Waals surface area contributed by atoms with Crippen molar-refractivity contribution in [3.8, 4) is 0 Å². The Labute approximate surface area is 239 Å². The minimum atomic E-state index is -2.61. The van der Waals surface area contributed by atoms with Gasteiger partial charge in [0.25, 0.3) is 0 Å². The summed E-state index contributed by atoms with van der Waals surface area (Å²) < 4.78 is 0. The van der Waals surface area contributed by atoms with Crippen LogP contribution >= 0.6 is 0 Å². The Bertz CT molecular complexity index is 832. The molecule has 0 unspecified atom stereocenters. The zero-order valence-electron chi connectivity index (χ0n) is 23.1. The van der Waals surface area contributed by atoms with Gasteiger partial charge in [-0.05, 0) is 62.3 Å². The standard InChI is InChI=1S/3C8H10O5.V/c3*1-4(9)8(5(2)10,6(3)11)7(12)13;/h3*1-3H3,(H,12,13);/p-3. The summed E-state index contributed by atoms with van der Waals surface area (Å²) >= 11 is 0. The molecular formula is C24H27O15V-3. The van der Waals surface area contributed by atoms with Gasteiger partial charge >= 0.3 is 0 Å². The molecule has 0 atom stereocenters. The third kappa shape index (κ3) is 8.02. The van der Waals surface area contributed by atoms with E-state index in [2.05, 4.69) is 0 Å². The predicted octanol–water partition coefficient (Wildman–Crippen LogP) is -4.53. The third-order valence-corrected chi connectivity index (χ3v) is 5.67. The van der Waals surface area contributed by atoms with Crippen molar-refractivity contribution in [2.45, 2.75) is 62.3 Å². The molecular weight excluding hydrogens is 579 g/mol. The first-order valence-electron chi connectivity index (χ1n) is 10.6. The maximum Gasteiger partial charge on any atom is 0.183 e. The van der Waals surface area contributed by atoms with Gasteiger partial charge in [0.05, 0.1) is 17.9 Å². The number of carboxylic acid groups (broad SMARTS) is 3. The maximum absolute atomic E-state index is 10.9. The molecule has 0 bridgehead atoms. The monoisotopic (exact) mass is 606 g/mol. The van der Waals surface area contributed by atoms with E-state index in [1.54, 1.807) is 0 Å². The van der Waals surface area contributed by atoms with Crippen LogP contribution in [0.25, 0.3) is 0 Å². The van der Waals surface area contributed by atoms with E-state index < -0.39 is 86.2 Å². The zero-order valence-corrected chi connectivity index (χ0v) is 24.5. The van der Waals surface area contributed by atoms with Gasteiger partial charge in [-0.25, -0.2) is 0 Å². The molecule has 0 saturated heterocycles. The molecule has 0 aromatic heterocycles. The van der Waals surface area contributed by atoms with Gasteiger partial charge < -0.3 is 29.7 Å². The Morgan fingerprint density at radius 1 is 0.300 bits per heavy atom. The van der Waals surface area contributed by atoms with E-state index in [1.165, 1.54) is 0 Å². The van der Waals surface area contributed by atoms with Gasteiger partial charge in [-0.15, -0.1) is 0 Å². The van der Waals surface area contributed by atoms with Crippen LogP contribution in [0.2, 0.25) is 0 Å². The number of hydrogen-bond acceptors (Lipinski definition) is 15. The van der Waals surface area contributed by atoms with Crippen molar-refractivity contribution in [3.63, 3.8) is 0 Å². The largest absolute Gasteiger partial charge is 0.548 e. The Balaban J connectivity index is -0.000000240. The molecule has 0 spiro atoms. The topological polar surface area (TPSA) is 274 Å². The van der Waals surface area contributed by atoms with Crippen LogP contribution in [0.4, 0.5) is 0 Å². The minimum absolute atomic E-state index is 0. The summed E-state index contributed by atoms with van der Waals surface area (Å²) in [6.07, 6.45) is 0. The van der Waals surface area contributed by atoms with E-state index in [-0.39, 0.29) is 18.6 Å². The van der Waals surface area contributed by atoms with E-state index in [0.717, 1.165) is 62.3 Å². The molecule has 0 aliphatic heterocycles. The summed E-state index contributed by atoms with van der Waals surface area (Å²) in [5, 5.41) is 31.7. The molecule has 0 amide bonds. The number of rotatable bonds is 12. The molecule has 0 aliphatic rings. The molecule has 0 aliphatic carbocycles. The first-order chi connectivity index (χ1) is 17.3. The number of carboxylic acids is 3. The van der Waals surface area contributed by atoms with Crippen LogP contribution in [0.15, 0.2) is 0 Å². The van der Waals surface area contributed by atoms with Crippen LogP contribution in [-0.2, 0) is 76.1 Å². The van der Waals surface area contributed by atoms with E-state index in [0.29, 0.717) is 0 Å². The Morgan fingerprint density at radius 3 is 0.375 bits per heavy atom. The van der Waals surface area contributed by atoms with Crippen molar-refractivity contribution >= 4 is 70.0 Å². The van der Waals surface area contributed by atoms with E-state index >= 15 is 0 Å². The minimum Gasteiger partial charge on any atom is -0.548 e. The predicted molar refractivity (Wildman–Crippen MR) is 118 cm³/mol. The molecule has 40 heavy (non-hydrogen) atoms. The number of aliphatic carboxylic acids is 3. The van der Waals surface area contributed by atoms with Crippen LogP contribution in [0, 0.1) is 16.2 Å². The van der Waals surface area contributed by atoms with E-state index in [4.69, 9.17) is 0 Å². The quantitative estimate of drug-likeness (QED) is 0.189. The second kappa shape index (κ2) is 16.2. The average molecular weight is 606 g/mol. The molecule has 0 heterocycles. The molecule has 0 aromatic rings. The van der Waals surface area contributed by atoms with Gasteiger partial charge in [-0.3, -0.25) is 43.2 Å². The van der Waals surface area contributed by atoms with Gasteiger partial charge in [0.1, 0.15) is 0 Å². The van der Waals surface area contributed by atoms with Crippen LogP contribution in [-0.4, -0.2) is 70.0 Å². The molecule has 0 saturated carbocycles. The van der Waals surface area contributed by atoms with Gasteiger partial charge in [0.15, 0.2) is 68.3 Å². The van der Waals surface area contributed by atoms with Crippen molar-refractivity contribution in [2.75, 3.05) is 0 Å². The second-order valence-corrected chi connectivity index (χ2v) is 8.12. The third-order valence-electron chi connectivity index (χ3n) is 5.67. The number of carbonyl (C=O) groups excluding carboxylic acids is 12. The normalized spacial score (nSPS) is 10.4. The maximum atomic E-state index is 10.9. The van der Waals surface area contributed by atoms with Crippen molar-refractivity contribution in [1.29, 1.82) is 0 Å². The summed E-state index contributed by atoms with van der Waals surface area (Å²) in [5.41, 5.74) is -7.83. The Kier molecular flexibility index (Phi) is 17.5. The fourth-order valence-corrected chi connectivity index (χ4v) is 3.52. The van der Waals surface area contributed by atoms with Crippen LogP contribution in [0.1, 0.15) is 62.3 Å². The molecule has 0 aromatic carbocycles.